The van der Waals surface area contributed by atoms with Crippen LogP contribution in [0.5, 0.6) is 0 Å². The highest BCUT2D eigenvalue weighted by molar-refractivity contribution is 5.89. The van der Waals surface area contributed by atoms with Crippen LogP contribution in [-0.2, 0) is 0 Å². The van der Waals surface area contributed by atoms with Crippen LogP contribution in [-0.4, -0.2) is 58.0 Å². The maximum Gasteiger partial charge on any atom is 0.321 e. The van der Waals surface area contributed by atoms with Crippen LogP contribution in [0, 0.1) is 0 Å². The SMILES string of the molecule is CN1[C@H]2CC[C@@H]1CN(C(=O)Nc1ccc(-c3nc4ccccc4[nH]3)cc1)CC2. The molecule has 2 aliphatic heterocycles. The van der Waals surface area contributed by atoms with Crippen LogP contribution in [0.15, 0.2) is 48.5 Å². The second-order valence-electron chi connectivity index (χ2n) is 7.90. The van der Waals surface area contributed by atoms with Gasteiger partial charge in [-0.15, -0.1) is 0 Å². The summed E-state index contributed by atoms with van der Waals surface area (Å²) < 4.78 is 0. The van der Waals surface area contributed by atoms with E-state index in [1.54, 1.807) is 0 Å². The molecule has 3 heterocycles. The molecule has 0 saturated carbocycles. The molecule has 2 fully saturated rings. The largest absolute Gasteiger partial charge is 0.338 e. The fraction of sp³-hybridized carbons (Fsp3) is 0.364. The van der Waals surface area contributed by atoms with Crippen LogP contribution < -0.4 is 5.32 Å². The average Bonchev–Trinajstić information content (AvgIpc) is 3.23. The second-order valence-corrected chi connectivity index (χ2v) is 7.90. The number of aromatic amines is 1. The second kappa shape index (κ2) is 6.95. The van der Waals surface area contributed by atoms with Crippen molar-refractivity contribution in [3.63, 3.8) is 0 Å². The van der Waals surface area contributed by atoms with Crippen molar-refractivity contribution in [1.29, 1.82) is 0 Å². The van der Waals surface area contributed by atoms with Crippen molar-refractivity contribution in [2.45, 2.75) is 31.3 Å². The van der Waals surface area contributed by atoms with Crippen LogP contribution >= 0.6 is 0 Å². The van der Waals surface area contributed by atoms with E-state index < -0.39 is 0 Å². The molecule has 2 aliphatic rings. The molecule has 3 aromatic rings. The molecular formula is C22H25N5O. The third-order valence-electron chi connectivity index (χ3n) is 6.23. The van der Waals surface area contributed by atoms with E-state index >= 15 is 0 Å². The Morgan fingerprint density at radius 2 is 1.86 bits per heavy atom. The minimum atomic E-state index is -0.00237. The molecule has 0 aliphatic carbocycles. The lowest BCUT2D eigenvalue weighted by molar-refractivity contribution is 0.200. The Morgan fingerprint density at radius 3 is 2.68 bits per heavy atom. The monoisotopic (exact) mass is 375 g/mol. The quantitative estimate of drug-likeness (QED) is 0.713. The van der Waals surface area contributed by atoms with Gasteiger partial charge in [-0.25, -0.2) is 9.78 Å². The first-order valence-corrected chi connectivity index (χ1v) is 10.0. The number of imidazole rings is 1. The van der Waals surface area contributed by atoms with Crippen LogP contribution in [0.25, 0.3) is 22.4 Å². The number of carbonyl (C=O) groups is 1. The number of likely N-dealkylation sites (tertiary alicyclic amines) is 1. The van der Waals surface area contributed by atoms with E-state index in [4.69, 9.17) is 0 Å². The number of para-hydroxylation sites is 2. The molecule has 6 heteroatoms. The van der Waals surface area contributed by atoms with Gasteiger partial charge in [-0.3, -0.25) is 4.90 Å². The van der Waals surface area contributed by atoms with E-state index in [0.717, 1.165) is 47.6 Å². The van der Waals surface area contributed by atoms with Crippen molar-refractivity contribution in [2.75, 3.05) is 25.5 Å². The topological polar surface area (TPSA) is 64.3 Å². The van der Waals surface area contributed by atoms with Gasteiger partial charge in [0.05, 0.1) is 11.0 Å². The predicted octanol–water partition coefficient (Wildman–Crippen LogP) is 3.93. The van der Waals surface area contributed by atoms with Gasteiger partial charge in [0.15, 0.2) is 0 Å². The number of nitrogens with one attached hydrogen (secondary N) is 2. The fourth-order valence-electron chi connectivity index (χ4n) is 4.50. The van der Waals surface area contributed by atoms with Crippen molar-refractivity contribution in [2.24, 2.45) is 0 Å². The molecule has 0 radical (unpaired) electrons. The molecule has 1 aromatic heterocycles. The Hall–Kier alpha value is -2.86. The lowest BCUT2D eigenvalue weighted by Crippen LogP contribution is -2.41. The summed E-state index contributed by atoms with van der Waals surface area (Å²) in [6.45, 7) is 1.64. The Labute approximate surface area is 164 Å². The number of carbonyl (C=O) groups excluding carboxylic acids is 1. The van der Waals surface area contributed by atoms with E-state index in [9.17, 15) is 4.79 Å². The number of fused-ring (bicyclic) bond motifs is 3. The number of amides is 2. The smallest absolute Gasteiger partial charge is 0.321 e. The lowest BCUT2D eigenvalue weighted by atomic mass is 10.1. The number of urea groups is 1. The van der Waals surface area contributed by atoms with Crippen LogP contribution in [0.3, 0.4) is 0 Å². The Bertz CT molecular complexity index is 963. The highest BCUT2D eigenvalue weighted by Crippen LogP contribution is 2.29. The van der Waals surface area contributed by atoms with E-state index in [2.05, 4.69) is 27.2 Å². The molecule has 2 amide bonds. The average molecular weight is 375 g/mol. The molecule has 5 rings (SSSR count). The highest BCUT2D eigenvalue weighted by Gasteiger charge is 2.35. The number of anilines is 1. The summed E-state index contributed by atoms with van der Waals surface area (Å²) in [5.41, 5.74) is 3.79. The number of rotatable bonds is 2. The molecular weight excluding hydrogens is 350 g/mol. The number of aromatic nitrogens is 2. The first-order valence-electron chi connectivity index (χ1n) is 10.0. The van der Waals surface area contributed by atoms with Gasteiger partial charge in [0.1, 0.15) is 5.82 Å². The molecule has 28 heavy (non-hydrogen) atoms. The van der Waals surface area contributed by atoms with Crippen LogP contribution in [0.2, 0.25) is 0 Å². The van der Waals surface area contributed by atoms with E-state index in [1.807, 2.05) is 53.4 Å². The third kappa shape index (κ3) is 3.14. The van der Waals surface area contributed by atoms with Crippen molar-refractivity contribution < 1.29 is 4.79 Å². The van der Waals surface area contributed by atoms with Gasteiger partial charge in [-0.05, 0) is 62.7 Å². The molecule has 144 valence electrons. The van der Waals surface area contributed by atoms with Crippen molar-refractivity contribution >= 4 is 22.8 Å². The van der Waals surface area contributed by atoms with E-state index in [0.29, 0.717) is 12.1 Å². The van der Waals surface area contributed by atoms with Gasteiger partial charge >= 0.3 is 6.03 Å². The third-order valence-corrected chi connectivity index (χ3v) is 6.23. The molecule has 6 nitrogen and oxygen atoms in total. The number of nitrogens with zero attached hydrogens (tertiary/aromatic N) is 3. The maximum absolute atomic E-state index is 12.8. The first-order chi connectivity index (χ1) is 13.7. The van der Waals surface area contributed by atoms with Crippen LogP contribution in [0.1, 0.15) is 19.3 Å². The molecule has 2 atom stereocenters. The lowest BCUT2D eigenvalue weighted by Gasteiger charge is -2.26. The predicted molar refractivity (Wildman–Crippen MR) is 111 cm³/mol. The zero-order valence-corrected chi connectivity index (χ0v) is 16.1. The summed E-state index contributed by atoms with van der Waals surface area (Å²) in [6, 6.07) is 17.0. The van der Waals surface area contributed by atoms with Gasteiger partial charge in [0, 0.05) is 36.4 Å². The van der Waals surface area contributed by atoms with Gasteiger partial charge in [0.25, 0.3) is 0 Å². The Balaban J connectivity index is 1.27. The summed E-state index contributed by atoms with van der Waals surface area (Å²) in [4.78, 5) is 25.1. The van der Waals surface area contributed by atoms with Gasteiger partial charge in [0.2, 0.25) is 0 Å². The Morgan fingerprint density at radius 1 is 1.07 bits per heavy atom. The molecule has 2 saturated heterocycles. The summed E-state index contributed by atoms with van der Waals surface area (Å²) >= 11 is 0. The minimum Gasteiger partial charge on any atom is -0.338 e. The molecule has 2 N–H and O–H groups in total. The Kier molecular flexibility index (Phi) is 4.28. The molecule has 0 spiro atoms. The van der Waals surface area contributed by atoms with E-state index in [1.165, 1.54) is 12.8 Å². The fourth-order valence-corrected chi connectivity index (χ4v) is 4.50. The standard InChI is InChI=1S/C22H25N5O/c1-26-17-10-11-18(26)14-27(13-12-17)22(28)23-16-8-6-15(7-9-16)21-24-19-4-2-3-5-20(19)25-21/h2-9,17-18H,10-14H2,1H3,(H,23,28)(H,24,25)/t17-,18+/m0/s1. The molecule has 0 unspecified atom stereocenters. The number of hydrogen-bond donors (Lipinski definition) is 2. The zero-order chi connectivity index (χ0) is 19.1. The van der Waals surface area contributed by atoms with Crippen molar-refractivity contribution in [3.05, 3.63) is 48.5 Å². The van der Waals surface area contributed by atoms with Crippen LogP contribution in [0.4, 0.5) is 10.5 Å². The molecule has 2 aromatic carbocycles. The zero-order valence-electron chi connectivity index (χ0n) is 16.1. The maximum atomic E-state index is 12.8. The summed E-state index contributed by atoms with van der Waals surface area (Å²) in [5, 5.41) is 3.06. The first kappa shape index (κ1) is 17.3. The van der Waals surface area contributed by atoms with Crippen molar-refractivity contribution in [1.82, 2.24) is 19.8 Å². The van der Waals surface area contributed by atoms with Crippen molar-refractivity contribution in [3.8, 4) is 11.4 Å². The summed E-state index contributed by atoms with van der Waals surface area (Å²) in [6.07, 6.45) is 3.52. The van der Waals surface area contributed by atoms with Gasteiger partial charge in [-0.2, -0.15) is 0 Å². The summed E-state index contributed by atoms with van der Waals surface area (Å²) in [7, 11) is 2.19. The summed E-state index contributed by atoms with van der Waals surface area (Å²) in [5.74, 6) is 0.839. The normalized spacial score (nSPS) is 22.4. The number of H-pyrrole nitrogens is 1. The van der Waals surface area contributed by atoms with Gasteiger partial charge in [-0.1, -0.05) is 12.1 Å². The van der Waals surface area contributed by atoms with Gasteiger partial charge < -0.3 is 15.2 Å². The minimum absolute atomic E-state index is 0.00237. The number of hydrogen-bond acceptors (Lipinski definition) is 3. The highest BCUT2D eigenvalue weighted by atomic mass is 16.2. The van der Waals surface area contributed by atoms with E-state index in [-0.39, 0.29) is 6.03 Å². The number of benzene rings is 2. The molecule has 2 bridgehead atoms. The number of likely N-dealkylation sites (N-methyl/N-ethyl adjacent to an activating group) is 1.